The van der Waals surface area contributed by atoms with Crippen molar-refractivity contribution in [3.05, 3.63) is 99.4 Å². The van der Waals surface area contributed by atoms with E-state index in [0.29, 0.717) is 27.7 Å². The van der Waals surface area contributed by atoms with Crippen molar-refractivity contribution in [2.75, 3.05) is 14.2 Å². The summed E-state index contributed by atoms with van der Waals surface area (Å²) in [5.74, 6) is 1.04. The van der Waals surface area contributed by atoms with E-state index in [1.165, 1.54) is 13.2 Å². The van der Waals surface area contributed by atoms with E-state index >= 15 is 0 Å². The summed E-state index contributed by atoms with van der Waals surface area (Å²) < 4.78 is 10.5. The highest BCUT2D eigenvalue weighted by Gasteiger charge is 2.17. The van der Waals surface area contributed by atoms with Crippen LogP contribution in [0.1, 0.15) is 15.9 Å². The molecule has 36 heavy (non-hydrogen) atoms. The molecule has 0 aliphatic rings. The van der Waals surface area contributed by atoms with Gasteiger partial charge in [0.15, 0.2) is 11.4 Å². The molecule has 0 spiro atoms. The maximum atomic E-state index is 12.3. The SMILES string of the molecule is COc1ccccc1-c1[nH]nc2nc(Cl)ccc12.COc1ccccc1C(=O)c1ccc(Cl)nc1Cl. The first-order chi connectivity index (χ1) is 17.4. The molecule has 3 heterocycles. The van der Waals surface area contributed by atoms with Gasteiger partial charge in [-0.3, -0.25) is 9.89 Å². The van der Waals surface area contributed by atoms with Crippen molar-refractivity contribution in [1.29, 1.82) is 0 Å². The van der Waals surface area contributed by atoms with Gasteiger partial charge in [-0.15, -0.1) is 0 Å². The van der Waals surface area contributed by atoms with Gasteiger partial charge in [-0.05, 0) is 48.5 Å². The summed E-state index contributed by atoms with van der Waals surface area (Å²) in [6.45, 7) is 0. The Hall–Kier alpha value is -3.65. The van der Waals surface area contributed by atoms with E-state index in [0.717, 1.165) is 22.4 Å². The fraction of sp³-hybridized carbons (Fsp3) is 0.0769. The van der Waals surface area contributed by atoms with Gasteiger partial charge in [-0.1, -0.05) is 59.1 Å². The Morgan fingerprint density at radius 2 is 1.39 bits per heavy atom. The number of rotatable bonds is 5. The first kappa shape index (κ1) is 25.4. The molecule has 2 aromatic carbocycles. The van der Waals surface area contributed by atoms with Gasteiger partial charge < -0.3 is 9.47 Å². The quantitative estimate of drug-likeness (QED) is 0.192. The van der Waals surface area contributed by atoms with Crippen LogP contribution in [0.15, 0.2) is 72.8 Å². The van der Waals surface area contributed by atoms with E-state index in [4.69, 9.17) is 44.3 Å². The van der Waals surface area contributed by atoms with Crippen LogP contribution >= 0.6 is 34.8 Å². The van der Waals surface area contributed by atoms with Crippen molar-refractivity contribution < 1.29 is 14.3 Å². The second-order valence-electron chi connectivity index (χ2n) is 7.31. The van der Waals surface area contributed by atoms with Crippen LogP contribution in [0.25, 0.3) is 22.3 Å². The van der Waals surface area contributed by atoms with Crippen molar-refractivity contribution in [2.24, 2.45) is 0 Å². The van der Waals surface area contributed by atoms with Crippen LogP contribution in [0.5, 0.6) is 11.5 Å². The lowest BCUT2D eigenvalue weighted by Crippen LogP contribution is -2.05. The third-order valence-electron chi connectivity index (χ3n) is 5.17. The van der Waals surface area contributed by atoms with Crippen LogP contribution < -0.4 is 9.47 Å². The molecule has 10 heteroatoms. The highest BCUT2D eigenvalue weighted by atomic mass is 35.5. The number of fused-ring (bicyclic) bond motifs is 1. The average Bonchev–Trinajstić information content (AvgIpc) is 3.31. The van der Waals surface area contributed by atoms with Gasteiger partial charge in [0, 0.05) is 10.9 Å². The molecule has 0 atom stereocenters. The molecule has 7 nitrogen and oxygen atoms in total. The maximum absolute atomic E-state index is 12.3. The van der Waals surface area contributed by atoms with Crippen molar-refractivity contribution in [1.82, 2.24) is 20.2 Å². The third-order valence-corrected chi connectivity index (χ3v) is 5.88. The Kier molecular flexibility index (Phi) is 8.05. The fourth-order valence-electron chi connectivity index (χ4n) is 3.49. The summed E-state index contributed by atoms with van der Waals surface area (Å²) in [4.78, 5) is 20.3. The Morgan fingerprint density at radius 1 is 0.750 bits per heavy atom. The second-order valence-corrected chi connectivity index (χ2v) is 8.44. The van der Waals surface area contributed by atoms with E-state index < -0.39 is 0 Å². The van der Waals surface area contributed by atoms with Crippen LogP contribution in [-0.4, -0.2) is 40.2 Å². The largest absolute Gasteiger partial charge is 0.496 e. The molecule has 0 unspecified atom stereocenters. The van der Waals surface area contributed by atoms with Gasteiger partial charge in [-0.25, -0.2) is 9.97 Å². The fourth-order valence-corrected chi connectivity index (χ4v) is 4.06. The molecule has 0 aliphatic carbocycles. The van der Waals surface area contributed by atoms with E-state index in [9.17, 15) is 4.79 Å². The number of ketones is 1. The summed E-state index contributed by atoms with van der Waals surface area (Å²) >= 11 is 17.5. The normalized spacial score (nSPS) is 10.5. The number of benzene rings is 2. The molecule has 1 N–H and O–H groups in total. The topological polar surface area (TPSA) is 90.0 Å². The van der Waals surface area contributed by atoms with Crippen LogP contribution in [0.3, 0.4) is 0 Å². The molecule has 0 radical (unpaired) electrons. The van der Waals surface area contributed by atoms with E-state index in [1.807, 2.05) is 30.3 Å². The van der Waals surface area contributed by atoms with Gasteiger partial charge in [0.1, 0.15) is 27.0 Å². The first-order valence-corrected chi connectivity index (χ1v) is 11.7. The summed E-state index contributed by atoms with van der Waals surface area (Å²) in [5.41, 5.74) is 3.17. The number of pyridine rings is 2. The Labute approximate surface area is 222 Å². The highest BCUT2D eigenvalue weighted by molar-refractivity contribution is 6.35. The van der Waals surface area contributed by atoms with Crippen molar-refractivity contribution in [2.45, 2.75) is 0 Å². The number of aromatic nitrogens is 4. The summed E-state index contributed by atoms with van der Waals surface area (Å²) in [7, 11) is 3.15. The molecule has 0 aliphatic heterocycles. The van der Waals surface area contributed by atoms with Crippen molar-refractivity contribution >= 4 is 51.6 Å². The maximum Gasteiger partial charge on any atom is 0.199 e. The number of hydrogen-bond donors (Lipinski definition) is 1. The molecule has 3 aromatic heterocycles. The van der Waals surface area contributed by atoms with Gasteiger partial charge in [0.05, 0.1) is 31.0 Å². The smallest absolute Gasteiger partial charge is 0.199 e. The van der Waals surface area contributed by atoms with Gasteiger partial charge in [0.25, 0.3) is 0 Å². The molecule has 0 amide bonds. The zero-order valence-corrected chi connectivity index (χ0v) is 21.4. The minimum atomic E-state index is -0.249. The zero-order valence-electron chi connectivity index (χ0n) is 19.1. The number of ether oxygens (including phenoxy) is 2. The van der Waals surface area contributed by atoms with E-state index in [-0.39, 0.29) is 16.1 Å². The number of para-hydroxylation sites is 2. The predicted octanol–water partition coefficient (Wildman–Crippen LogP) is 6.91. The minimum absolute atomic E-state index is 0.0819. The minimum Gasteiger partial charge on any atom is -0.496 e. The van der Waals surface area contributed by atoms with Crippen LogP contribution in [0.4, 0.5) is 0 Å². The number of carbonyl (C=O) groups is 1. The molecule has 0 fully saturated rings. The lowest BCUT2D eigenvalue weighted by Gasteiger charge is -2.08. The monoisotopic (exact) mass is 540 g/mol. The molecular weight excluding hydrogens is 523 g/mol. The van der Waals surface area contributed by atoms with Crippen LogP contribution in [0.2, 0.25) is 15.5 Å². The number of aromatic amines is 1. The molecule has 0 saturated carbocycles. The molecule has 0 bridgehead atoms. The first-order valence-electron chi connectivity index (χ1n) is 10.6. The molecule has 182 valence electrons. The Morgan fingerprint density at radius 3 is 2.11 bits per heavy atom. The zero-order chi connectivity index (χ0) is 25.7. The third kappa shape index (κ3) is 5.44. The second kappa shape index (κ2) is 11.4. The van der Waals surface area contributed by atoms with Crippen molar-refractivity contribution in [3.63, 3.8) is 0 Å². The predicted molar refractivity (Wildman–Crippen MR) is 142 cm³/mol. The average molecular weight is 542 g/mol. The molecule has 0 saturated heterocycles. The van der Waals surface area contributed by atoms with E-state index in [1.54, 1.807) is 43.5 Å². The van der Waals surface area contributed by atoms with Crippen LogP contribution in [0, 0.1) is 0 Å². The lowest BCUT2D eigenvalue weighted by atomic mass is 10.0. The highest BCUT2D eigenvalue weighted by Crippen LogP contribution is 2.33. The Balaban J connectivity index is 0.000000169. The lowest BCUT2D eigenvalue weighted by molar-refractivity contribution is 0.103. The number of H-pyrrole nitrogens is 1. The summed E-state index contributed by atoms with van der Waals surface area (Å²) in [6.07, 6.45) is 0. The van der Waals surface area contributed by atoms with Gasteiger partial charge >= 0.3 is 0 Å². The van der Waals surface area contributed by atoms with Gasteiger partial charge in [0.2, 0.25) is 0 Å². The number of carbonyl (C=O) groups excluding carboxylic acids is 1. The van der Waals surface area contributed by atoms with E-state index in [2.05, 4.69) is 20.2 Å². The summed E-state index contributed by atoms with van der Waals surface area (Å²) in [6, 6.07) is 21.4. The van der Waals surface area contributed by atoms with Crippen LogP contribution in [-0.2, 0) is 0 Å². The summed E-state index contributed by atoms with van der Waals surface area (Å²) in [5, 5.41) is 8.82. The van der Waals surface area contributed by atoms with Crippen molar-refractivity contribution in [3.8, 4) is 22.8 Å². The number of hydrogen-bond acceptors (Lipinski definition) is 6. The molecular formula is C26H19Cl3N4O3. The number of nitrogens with zero attached hydrogens (tertiary/aromatic N) is 3. The molecule has 5 rings (SSSR count). The van der Waals surface area contributed by atoms with Gasteiger partial charge in [-0.2, -0.15) is 5.10 Å². The number of nitrogens with one attached hydrogen (secondary N) is 1. The molecule has 5 aromatic rings. The Bertz CT molecular complexity index is 1540. The standard InChI is InChI=1S/C13H9Cl2NO2.C13H10ClN3O/c1-18-10-5-3-2-4-8(10)12(17)9-6-7-11(14)16-13(9)15;1-18-10-5-3-2-4-8(10)12-9-6-7-11(14)15-13(9)17-16-12/h2-7H,1H3;2-7H,1H3,(H,15,16,17). The number of halogens is 3. The number of methoxy groups -OCH3 is 2.